The van der Waals surface area contributed by atoms with Crippen LogP contribution in [0.4, 0.5) is 0 Å². The first-order valence-corrected chi connectivity index (χ1v) is 11.5. The molecule has 2 heteroatoms. The highest BCUT2D eigenvalue weighted by atomic mass is 15.0. The molecule has 8 rings (SSSR count). The minimum atomic E-state index is 1.28. The van der Waals surface area contributed by atoms with Crippen LogP contribution in [0.5, 0.6) is 0 Å². The maximum atomic E-state index is 2.53. The Morgan fingerprint density at radius 1 is 0.606 bits per heavy atom. The second-order valence-corrected chi connectivity index (χ2v) is 9.30. The van der Waals surface area contributed by atoms with Crippen molar-refractivity contribution < 1.29 is 4.57 Å². The minimum Gasteiger partial charge on any atom is -0.307 e. The second-order valence-electron chi connectivity index (χ2n) is 9.30. The molecular weight excluding hydrogens is 400 g/mol. The first kappa shape index (κ1) is 17.4. The molecule has 0 aliphatic carbocycles. The normalized spacial score (nSPS) is 12.5. The van der Waals surface area contributed by atoms with Gasteiger partial charge in [-0.2, -0.15) is 0 Å². The maximum absolute atomic E-state index is 2.53. The van der Waals surface area contributed by atoms with E-state index < -0.39 is 0 Å². The molecule has 0 spiro atoms. The van der Waals surface area contributed by atoms with Crippen molar-refractivity contribution in [2.75, 3.05) is 0 Å². The third-order valence-corrected chi connectivity index (χ3v) is 7.69. The Balaban J connectivity index is 1.90. The lowest BCUT2D eigenvalue weighted by Gasteiger charge is -2.16. The molecule has 0 aliphatic rings. The van der Waals surface area contributed by atoms with E-state index in [-0.39, 0.29) is 0 Å². The average molecular weight is 422 g/mol. The monoisotopic (exact) mass is 421 g/mol. The van der Waals surface area contributed by atoms with Crippen molar-refractivity contribution in [1.29, 1.82) is 0 Å². The molecule has 0 saturated carbocycles. The largest absolute Gasteiger partial charge is 0.307 e. The Morgan fingerprint density at radius 2 is 1.27 bits per heavy atom. The van der Waals surface area contributed by atoms with Gasteiger partial charge < -0.3 is 4.40 Å². The standard InChI is InChI=1S/C31H21N2/c1-18-20-10-4-3-9-19(20)17-26-27(18)30-29-23(15-16-32(30)2)21-11-5-6-12-22(21)28-24-13-7-8-14-25(24)33(26)31(28)29/h3-17H,1-2H3/q+1. The molecule has 0 fully saturated rings. The number of hydrogen-bond donors (Lipinski definition) is 0. The highest BCUT2D eigenvalue weighted by Gasteiger charge is 2.26. The van der Waals surface area contributed by atoms with Gasteiger partial charge in [-0.1, -0.05) is 66.7 Å². The molecular formula is C31H21N2+. The average Bonchev–Trinajstić information content (AvgIpc) is 3.21. The van der Waals surface area contributed by atoms with Gasteiger partial charge in [0, 0.05) is 22.2 Å². The lowest BCUT2D eigenvalue weighted by Crippen LogP contribution is -2.29. The molecule has 0 bridgehead atoms. The summed E-state index contributed by atoms with van der Waals surface area (Å²) in [6, 6.07) is 31.3. The Kier molecular flexibility index (Phi) is 3.05. The van der Waals surface area contributed by atoms with Gasteiger partial charge in [-0.25, -0.2) is 4.57 Å². The van der Waals surface area contributed by atoms with E-state index in [0.717, 1.165) is 0 Å². The van der Waals surface area contributed by atoms with Crippen molar-refractivity contribution in [1.82, 2.24) is 4.40 Å². The summed E-state index contributed by atoms with van der Waals surface area (Å²) in [6.45, 7) is 2.29. The Morgan fingerprint density at radius 3 is 2.12 bits per heavy atom. The zero-order chi connectivity index (χ0) is 21.8. The number of hydrogen-bond acceptors (Lipinski definition) is 0. The third kappa shape index (κ3) is 1.94. The van der Waals surface area contributed by atoms with Crippen LogP contribution in [0.3, 0.4) is 0 Å². The number of aryl methyl sites for hydroxylation is 2. The van der Waals surface area contributed by atoms with Crippen LogP contribution in [0.2, 0.25) is 0 Å². The number of rotatable bonds is 0. The molecule has 0 N–H and O–H groups in total. The van der Waals surface area contributed by atoms with Crippen molar-refractivity contribution in [3.63, 3.8) is 0 Å². The molecule has 33 heavy (non-hydrogen) atoms. The first-order chi connectivity index (χ1) is 16.2. The van der Waals surface area contributed by atoms with Crippen LogP contribution in [0.25, 0.3) is 70.5 Å². The van der Waals surface area contributed by atoms with E-state index in [1.807, 2.05) is 0 Å². The van der Waals surface area contributed by atoms with Gasteiger partial charge in [-0.15, -0.1) is 0 Å². The number of benzene rings is 5. The summed E-state index contributed by atoms with van der Waals surface area (Å²) < 4.78 is 4.85. The molecule has 3 heterocycles. The smallest absolute Gasteiger partial charge is 0.224 e. The van der Waals surface area contributed by atoms with Crippen molar-refractivity contribution in [3.05, 3.63) is 96.7 Å². The first-order valence-electron chi connectivity index (χ1n) is 11.5. The number of aromatic nitrogens is 2. The van der Waals surface area contributed by atoms with Gasteiger partial charge in [-0.3, -0.25) is 0 Å². The number of nitrogens with zero attached hydrogens (tertiary/aromatic N) is 2. The van der Waals surface area contributed by atoms with E-state index in [1.165, 1.54) is 76.1 Å². The molecule has 3 aromatic heterocycles. The van der Waals surface area contributed by atoms with E-state index in [2.05, 4.69) is 114 Å². The topological polar surface area (TPSA) is 8.29 Å². The van der Waals surface area contributed by atoms with E-state index in [1.54, 1.807) is 0 Å². The van der Waals surface area contributed by atoms with Gasteiger partial charge in [-0.05, 0) is 46.2 Å². The predicted molar refractivity (Wildman–Crippen MR) is 140 cm³/mol. The van der Waals surface area contributed by atoms with Crippen LogP contribution in [-0.2, 0) is 7.05 Å². The van der Waals surface area contributed by atoms with Crippen molar-refractivity contribution >= 4 is 70.5 Å². The Bertz CT molecular complexity index is 2090. The van der Waals surface area contributed by atoms with Crippen LogP contribution in [0, 0.1) is 6.92 Å². The fourth-order valence-electron chi connectivity index (χ4n) is 6.34. The molecule has 0 atom stereocenters. The fourth-order valence-corrected chi connectivity index (χ4v) is 6.34. The quantitative estimate of drug-likeness (QED) is 0.137. The Labute approximate surface area is 190 Å². The van der Waals surface area contributed by atoms with Crippen LogP contribution in [0.1, 0.15) is 5.56 Å². The summed E-state index contributed by atoms with van der Waals surface area (Å²) in [6.07, 6.45) is 2.23. The summed E-state index contributed by atoms with van der Waals surface area (Å²) in [5.74, 6) is 0. The van der Waals surface area contributed by atoms with Crippen LogP contribution in [0.15, 0.2) is 91.1 Å². The molecule has 8 aromatic rings. The fraction of sp³-hybridized carbons (Fsp3) is 0.0645. The van der Waals surface area contributed by atoms with Gasteiger partial charge in [0.15, 0.2) is 6.20 Å². The number of para-hydroxylation sites is 1. The number of pyridine rings is 2. The highest BCUT2D eigenvalue weighted by Crippen LogP contribution is 2.45. The zero-order valence-corrected chi connectivity index (χ0v) is 18.6. The molecule has 0 unspecified atom stereocenters. The second kappa shape index (κ2) is 5.79. The predicted octanol–water partition coefficient (Wildman–Crippen LogP) is 7.43. The molecule has 0 aliphatic heterocycles. The molecule has 154 valence electrons. The third-order valence-electron chi connectivity index (χ3n) is 7.69. The van der Waals surface area contributed by atoms with Crippen LogP contribution in [-0.4, -0.2) is 4.40 Å². The van der Waals surface area contributed by atoms with E-state index >= 15 is 0 Å². The maximum Gasteiger partial charge on any atom is 0.224 e. The minimum absolute atomic E-state index is 1.28. The molecule has 0 radical (unpaired) electrons. The lowest BCUT2D eigenvalue weighted by molar-refractivity contribution is -0.643. The van der Waals surface area contributed by atoms with Crippen molar-refractivity contribution in [2.24, 2.45) is 7.05 Å². The van der Waals surface area contributed by atoms with Gasteiger partial charge >= 0.3 is 0 Å². The van der Waals surface area contributed by atoms with Gasteiger partial charge in [0.2, 0.25) is 5.52 Å². The summed E-state index contributed by atoms with van der Waals surface area (Å²) >= 11 is 0. The molecule has 0 amide bonds. The van der Waals surface area contributed by atoms with Crippen molar-refractivity contribution in [3.8, 4) is 0 Å². The molecule has 5 aromatic carbocycles. The van der Waals surface area contributed by atoms with E-state index in [4.69, 9.17) is 0 Å². The summed E-state index contributed by atoms with van der Waals surface area (Å²) in [5, 5.41) is 12.0. The van der Waals surface area contributed by atoms with Crippen LogP contribution >= 0.6 is 0 Å². The van der Waals surface area contributed by atoms with Gasteiger partial charge in [0.25, 0.3) is 0 Å². The molecule has 2 nitrogen and oxygen atoms in total. The summed E-state index contributed by atoms with van der Waals surface area (Å²) in [4.78, 5) is 0. The Hall–Kier alpha value is -4.17. The molecule has 0 saturated heterocycles. The van der Waals surface area contributed by atoms with Gasteiger partial charge in [0.1, 0.15) is 7.05 Å². The van der Waals surface area contributed by atoms with E-state index in [9.17, 15) is 0 Å². The van der Waals surface area contributed by atoms with Crippen molar-refractivity contribution in [2.45, 2.75) is 6.92 Å². The zero-order valence-electron chi connectivity index (χ0n) is 18.6. The number of fused-ring (bicyclic) bond motifs is 10. The SMILES string of the molecule is Cc1c2ccccc2cc2c1c1c3c(cc[n+]1C)c1ccccc1c1c4ccccc4n2c13. The lowest BCUT2D eigenvalue weighted by atomic mass is 9.93. The van der Waals surface area contributed by atoms with Crippen LogP contribution < -0.4 is 4.57 Å². The van der Waals surface area contributed by atoms with Gasteiger partial charge in [0.05, 0.1) is 27.3 Å². The van der Waals surface area contributed by atoms with E-state index in [0.29, 0.717) is 0 Å². The highest BCUT2D eigenvalue weighted by molar-refractivity contribution is 6.37. The summed E-state index contributed by atoms with van der Waals surface area (Å²) in [5.41, 5.74) is 6.55. The summed E-state index contributed by atoms with van der Waals surface area (Å²) in [7, 11) is 2.19.